The summed E-state index contributed by atoms with van der Waals surface area (Å²) in [5.74, 6) is -0.345. The average molecular weight is 677 g/mol. The fourth-order valence-electron chi connectivity index (χ4n) is 6.22. The predicted octanol–water partition coefficient (Wildman–Crippen LogP) is 5.29. The molecule has 1 atom stereocenters. The third-order valence-corrected chi connectivity index (χ3v) is 8.92. The summed E-state index contributed by atoms with van der Waals surface area (Å²) < 4.78 is 71.3. The Morgan fingerprint density at radius 1 is 0.955 bits per heavy atom. The van der Waals surface area contributed by atoms with Crippen molar-refractivity contribution >= 4 is 15.9 Å². The highest BCUT2D eigenvalue weighted by molar-refractivity contribution is 9.10. The minimum atomic E-state index is -4.86. The third-order valence-electron chi connectivity index (χ3n) is 8.50. The molecule has 0 bridgehead atoms. The lowest BCUT2D eigenvalue weighted by Gasteiger charge is -2.38. The van der Waals surface area contributed by atoms with E-state index in [-0.39, 0.29) is 24.4 Å². The van der Waals surface area contributed by atoms with Crippen LogP contribution in [0.1, 0.15) is 52.6 Å². The van der Waals surface area contributed by atoms with E-state index < -0.39 is 52.6 Å². The van der Waals surface area contributed by atoms with Gasteiger partial charge in [0, 0.05) is 24.7 Å². The number of nitrogens with two attached hydrogens (primary N) is 1. The van der Waals surface area contributed by atoms with Crippen LogP contribution >= 0.6 is 15.9 Å². The molecule has 44 heavy (non-hydrogen) atoms. The van der Waals surface area contributed by atoms with Crippen LogP contribution in [-0.2, 0) is 42.8 Å². The van der Waals surface area contributed by atoms with Crippen molar-refractivity contribution in [2.45, 2.75) is 56.9 Å². The van der Waals surface area contributed by atoms with Gasteiger partial charge in [0.15, 0.2) is 4.67 Å². The van der Waals surface area contributed by atoms with E-state index >= 15 is 0 Å². The Morgan fingerprint density at radius 3 is 2.34 bits per heavy atom. The molecule has 2 N–H and O–H groups in total. The first-order valence-corrected chi connectivity index (χ1v) is 14.9. The zero-order chi connectivity index (χ0) is 31.2. The maximum atomic E-state index is 15.0. The maximum Gasteiger partial charge on any atom is 0.416 e. The third kappa shape index (κ3) is 5.69. The minimum absolute atomic E-state index is 0.157. The van der Waals surface area contributed by atoms with Crippen LogP contribution in [0.3, 0.4) is 0 Å². The van der Waals surface area contributed by atoms with E-state index in [0.29, 0.717) is 42.7 Å². The Hall–Kier alpha value is -3.52. The lowest BCUT2D eigenvalue weighted by Crippen LogP contribution is -2.49. The number of fused-ring (bicyclic) bond motifs is 2. The summed E-state index contributed by atoms with van der Waals surface area (Å²) in [4.78, 5) is 30.2. The van der Waals surface area contributed by atoms with Gasteiger partial charge in [-0.15, -0.1) is 0 Å². The Labute approximate surface area is 257 Å². The van der Waals surface area contributed by atoms with Crippen LogP contribution in [0.15, 0.2) is 79.3 Å². The number of alkyl halides is 3. The second-order valence-electron chi connectivity index (χ2n) is 11.2. The molecule has 2 aromatic carbocycles. The van der Waals surface area contributed by atoms with Crippen LogP contribution in [0, 0.1) is 5.82 Å². The summed E-state index contributed by atoms with van der Waals surface area (Å²) in [6.07, 6.45) is -4.07. The Balaban J connectivity index is 1.43. The Bertz CT molecular complexity index is 1790. The summed E-state index contributed by atoms with van der Waals surface area (Å²) in [5, 5.41) is 0. The Kier molecular flexibility index (Phi) is 8.16. The number of halogens is 5. The van der Waals surface area contributed by atoms with Gasteiger partial charge in [-0.2, -0.15) is 13.2 Å². The van der Waals surface area contributed by atoms with Gasteiger partial charge >= 0.3 is 11.9 Å². The molecule has 2 aliphatic rings. The number of hydrogen-bond acceptors (Lipinski definition) is 6. The zero-order valence-electron chi connectivity index (χ0n) is 23.4. The lowest BCUT2D eigenvalue weighted by molar-refractivity contribution is -0.138. The fourth-order valence-corrected chi connectivity index (χ4v) is 6.56. The fraction of sp³-hybridized carbons (Fsp3) is 0.355. The molecular weight excluding hydrogens is 648 g/mol. The molecule has 13 heteroatoms. The van der Waals surface area contributed by atoms with Crippen molar-refractivity contribution < 1.29 is 26.7 Å². The van der Waals surface area contributed by atoms with Crippen LogP contribution in [0.4, 0.5) is 17.6 Å². The number of furan rings is 1. The second-order valence-corrected chi connectivity index (χ2v) is 11.9. The van der Waals surface area contributed by atoms with Gasteiger partial charge in [-0.25, -0.2) is 9.18 Å². The molecule has 0 radical (unpaired) electrons. The zero-order valence-corrected chi connectivity index (χ0v) is 25.0. The normalized spacial score (nSPS) is 17.2. The van der Waals surface area contributed by atoms with Crippen LogP contribution in [0.2, 0.25) is 0 Å². The van der Waals surface area contributed by atoms with Crippen molar-refractivity contribution in [2.24, 2.45) is 5.73 Å². The first-order chi connectivity index (χ1) is 21.0. The molecule has 2 aliphatic heterocycles. The van der Waals surface area contributed by atoms with E-state index in [9.17, 15) is 27.2 Å². The molecule has 6 rings (SSSR count). The molecular formula is C31H29BrF4N4O4. The quantitative estimate of drug-likeness (QED) is 0.267. The standard InChI is InChI=1S/C31H29BrF4N4O4/c32-26-10-9-20(44-26)15-38-13-11-30(12-14-38)27-25(18-43-30)39(16-21-22(31(34,35)36)7-4-8-23(21)33)29(42)40(28(27)41)17-24(37)19-5-2-1-3-6-19/h1-10,24H,11-18,37H2/t24-/m0/s1. The van der Waals surface area contributed by atoms with Crippen LogP contribution in [-0.4, -0.2) is 27.1 Å². The average Bonchev–Trinajstić information content (AvgIpc) is 3.58. The molecule has 0 unspecified atom stereocenters. The number of likely N-dealkylation sites (tertiary alicyclic amines) is 1. The van der Waals surface area contributed by atoms with Crippen molar-refractivity contribution in [1.82, 2.24) is 14.0 Å². The van der Waals surface area contributed by atoms with Crippen molar-refractivity contribution in [3.63, 3.8) is 0 Å². The highest BCUT2D eigenvalue weighted by Crippen LogP contribution is 2.43. The number of hydrogen-bond donors (Lipinski definition) is 1. The molecule has 0 aliphatic carbocycles. The maximum absolute atomic E-state index is 15.0. The van der Waals surface area contributed by atoms with E-state index in [4.69, 9.17) is 14.9 Å². The predicted molar refractivity (Wildman–Crippen MR) is 156 cm³/mol. The number of rotatable bonds is 7. The lowest BCUT2D eigenvalue weighted by atomic mass is 9.85. The highest BCUT2D eigenvalue weighted by Gasteiger charge is 2.47. The molecule has 8 nitrogen and oxygen atoms in total. The van der Waals surface area contributed by atoms with Crippen molar-refractivity contribution in [2.75, 3.05) is 13.1 Å². The molecule has 1 spiro atoms. The number of benzene rings is 2. The van der Waals surface area contributed by atoms with Crippen molar-refractivity contribution in [1.29, 1.82) is 0 Å². The summed E-state index contributed by atoms with van der Waals surface area (Å²) in [6, 6.07) is 14.4. The molecule has 1 saturated heterocycles. The first-order valence-electron chi connectivity index (χ1n) is 14.1. The smallest absolute Gasteiger partial charge is 0.416 e. The van der Waals surface area contributed by atoms with Gasteiger partial charge < -0.3 is 14.9 Å². The molecule has 232 valence electrons. The number of aromatic nitrogens is 2. The molecule has 4 heterocycles. The summed E-state index contributed by atoms with van der Waals surface area (Å²) >= 11 is 3.30. The van der Waals surface area contributed by atoms with E-state index in [1.165, 1.54) is 0 Å². The van der Waals surface area contributed by atoms with Crippen molar-refractivity contribution in [3.05, 3.63) is 126 Å². The number of ether oxygens (including phenoxy) is 1. The second kappa shape index (κ2) is 11.8. The molecule has 1 fully saturated rings. The van der Waals surface area contributed by atoms with Gasteiger partial charge in [-0.3, -0.25) is 18.8 Å². The topological polar surface area (TPSA) is 95.6 Å². The highest BCUT2D eigenvalue weighted by atomic mass is 79.9. The SMILES string of the molecule is N[C@@H](Cn1c(=O)c2c(n(Cc3c(F)cccc3C(F)(F)F)c1=O)COC21CCN(Cc2ccc(Br)o2)CC1)c1ccccc1. The van der Waals surface area contributed by atoms with E-state index in [1.807, 2.05) is 6.07 Å². The largest absolute Gasteiger partial charge is 0.453 e. The molecule has 0 saturated carbocycles. The van der Waals surface area contributed by atoms with Crippen molar-refractivity contribution in [3.8, 4) is 0 Å². The van der Waals surface area contributed by atoms with Gasteiger partial charge in [0.1, 0.15) is 17.2 Å². The van der Waals surface area contributed by atoms with Gasteiger partial charge in [0.25, 0.3) is 5.56 Å². The Morgan fingerprint density at radius 2 is 1.68 bits per heavy atom. The first kappa shape index (κ1) is 30.5. The van der Waals surface area contributed by atoms with E-state index in [1.54, 1.807) is 36.4 Å². The van der Waals surface area contributed by atoms with Crippen LogP contribution in [0.25, 0.3) is 0 Å². The molecule has 0 amide bonds. The van der Waals surface area contributed by atoms with E-state index in [2.05, 4.69) is 20.8 Å². The van der Waals surface area contributed by atoms with Gasteiger partial charge in [-0.05, 0) is 58.6 Å². The summed E-state index contributed by atoms with van der Waals surface area (Å²) in [7, 11) is 0. The molecule has 4 aromatic rings. The van der Waals surface area contributed by atoms with Crippen LogP contribution in [0.5, 0.6) is 0 Å². The number of piperidine rings is 1. The van der Waals surface area contributed by atoms with Crippen LogP contribution < -0.4 is 17.0 Å². The summed E-state index contributed by atoms with van der Waals surface area (Å²) in [6.45, 7) is 0.469. The molecule has 2 aromatic heterocycles. The number of nitrogens with zero attached hydrogens (tertiary/aromatic N) is 3. The minimum Gasteiger partial charge on any atom is -0.453 e. The van der Waals surface area contributed by atoms with Gasteiger partial charge in [0.05, 0.1) is 43.1 Å². The van der Waals surface area contributed by atoms with E-state index in [0.717, 1.165) is 33.1 Å². The van der Waals surface area contributed by atoms with Gasteiger partial charge in [0.2, 0.25) is 0 Å². The monoisotopic (exact) mass is 676 g/mol. The van der Waals surface area contributed by atoms with Gasteiger partial charge in [-0.1, -0.05) is 36.4 Å². The summed E-state index contributed by atoms with van der Waals surface area (Å²) in [5.41, 5.74) is 3.03.